The van der Waals surface area contributed by atoms with Gasteiger partial charge < -0.3 is 13.9 Å². The Bertz CT molecular complexity index is 1310. The number of ether oxygens (including phenoxy) is 2. The highest BCUT2D eigenvalue weighted by Gasteiger charge is 2.36. The molecule has 1 aliphatic heterocycles. The predicted octanol–water partition coefficient (Wildman–Crippen LogP) is 3.57. The number of rotatable bonds is 5. The van der Waals surface area contributed by atoms with Crippen LogP contribution in [0.1, 0.15) is 16.1 Å². The number of carbonyl (C=O) groups is 3. The van der Waals surface area contributed by atoms with Gasteiger partial charge in [0.15, 0.2) is 5.11 Å². The second kappa shape index (κ2) is 9.09. The van der Waals surface area contributed by atoms with Gasteiger partial charge in [0.25, 0.3) is 11.8 Å². The molecule has 0 bridgehead atoms. The van der Waals surface area contributed by atoms with Gasteiger partial charge in [-0.25, -0.2) is 9.69 Å². The normalized spacial score (nSPS) is 14.9. The third-order valence-electron chi connectivity index (χ3n) is 4.94. The van der Waals surface area contributed by atoms with Crippen molar-refractivity contribution in [2.45, 2.75) is 0 Å². The van der Waals surface area contributed by atoms with E-state index in [1.165, 1.54) is 25.2 Å². The Hall–Kier alpha value is -4.24. The van der Waals surface area contributed by atoms with Gasteiger partial charge in [-0.3, -0.25) is 14.9 Å². The minimum absolute atomic E-state index is 0.0567. The number of nitrogens with one attached hydrogen (secondary N) is 1. The molecule has 0 spiro atoms. The van der Waals surface area contributed by atoms with Crippen LogP contribution in [0.25, 0.3) is 17.4 Å². The molecule has 2 heterocycles. The molecular formula is C24H18N2O6S. The van der Waals surface area contributed by atoms with Gasteiger partial charge in [0.05, 0.1) is 25.5 Å². The number of nitrogens with zero attached hydrogens (tertiary/aromatic N) is 1. The Kier molecular flexibility index (Phi) is 6.05. The van der Waals surface area contributed by atoms with E-state index in [4.69, 9.17) is 26.1 Å². The van der Waals surface area contributed by atoms with Gasteiger partial charge in [0, 0.05) is 5.56 Å². The molecule has 0 unspecified atom stereocenters. The largest absolute Gasteiger partial charge is 0.495 e. The number of benzene rings is 2. The Balaban J connectivity index is 1.71. The molecule has 9 heteroatoms. The van der Waals surface area contributed by atoms with E-state index in [2.05, 4.69) is 5.32 Å². The first-order valence-electron chi connectivity index (χ1n) is 9.76. The summed E-state index contributed by atoms with van der Waals surface area (Å²) in [6, 6.07) is 16.9. The first-order chi connectivity index (χ1) is 15.9. The zero-order chi connectivity index (χ0) is 23.5. The number of amides is 2. The fourth-order valence-electron chi connectivity index (χ4n) is 3.39. The summed E-state index contributed by atoms with van der Waals surface area (Å²) in [5, 5.41) is 2.46. The number of thiocarbonyl (C=S) groups is 1. The highest BCUT2D eigenvalue weighted by molar-refractivity contribution is 7.80. The van der Waals surface area contributed by atoms with E-state index in [1.54, 1.807) is 60.7 Å². The van der Waals surface area contributed by atoms with Gasteiger partial charge in [-0.05, 0) is 48.6 Å². The minimum atomic E-state index is -0.649. The van der Waals surface area contributed by atoms with Crippen LogP contribution >= 0.6 is 12.2 Å². The lowest BCUT2D eigenvalue weighted by Gasteiger charge is -2.29. The summed E-state index contributed by atoms with van der Waals surface area (Å²) in [4.78, 5) is 39.1. The summed E-state index contributed by atoms with van der Waals surface area (Å²) in [5.74, 6) is -0.738. The number of anilines is 1. The highest BCUT2D eigenvalue weighted by Crippen LogP contribution is 2.32. The Morgan fingerprint density at radius 2 is 1.76 bits per heavy atom. The Morgan fingerprint density at radius 1 is 1.03 bits per heavy atom. The highest BCUT2D eigenvalue weighted by atomic mass is 32.1. The van der Waals surface area contributed by atoms with Gasteiger partial charge in [0.2, 0.25) is 0 Å². The average Bonchev–Trinajstić information content (AvgIpc) is 3.30. The van der Waals surface area contributed by atoms with Crippen molar-refractivity contribution in [1.82, 2.24) is 5.32 Å². The van der Waals surface area contributed by atoms with Crippen LogP contribution in [0.4, 0.5) is 5.69 Å². The van der Waals surface area contributed by atoms with Gasteiger partial charge >= 0.3 is 5.97 Å². The fourth-order valence-corrected chi connectivity index (χ4v) is 3.67. The molecule has 0 saturated carbocycles. The van der Waals surface area contributed by atoms with E-state index in [-0.39, 0.29) is 16.4 Å². The molecule has 0 radical (unpaired) electrons. The van der Waals surface area contributed by atoms with E-state index >= 15 is 0 Å². The maximum Gasteiger partial charge on any atom is 0.338 e. The lowest BCUT2D eigenvalue weighted by Crippen LogP contribution is -2.54. The molecule has 1 N–H and O–H groups in total. The van der Waals surface area contributed by atoms with E-state index in [1.807, 2.05) is 0 Å². The quantitative estimate of drug-likeness (QED) is 0.268. The summed E-state index contributed by atoms with van der Waals surface area (Å²) in [6.45, 7) is 0. The maximum absolute atomic E-state index is 13.2. The van der Waals surface area contributed by atoms with Gasteiger partial charge in [-0.15, -0.1) is 0 Å². The SMILES string of the molecule is COC(=O)c1ccccc1-c1ccc(/C=C2\C(=O)NC(=S)N(c3ccccc3OC)C2=O)o1. The van der Waals surface area contributed by atoms with Gasteiger partial charge in [0.1, 0.15) is 22.8 Å². The van der Waals surface area contributed by atoms with Crippen LogP contribution in [0.5, 0.6) is 5.75 Å². The summed E-state index contributed by atoms with van der Waals surface area (Å²) in [5.41, 5.74) is 1.07. The molecule has 1 aliphatic rings. The van der Waals surface area contributed by atoms with Gasteiger partial charge in [-0.1, -0.05) is 30.3 Å². The second-order valence-corrected chi connectivity index (χ2v) is 7.26. The molecule has 4 rings (SSSR count). The van der Waals surface area contributed by atoms with Crippen molar-refractivity contribution < 1.29 is 28.3 Å². The van der Waals surface area contributed by atoms with Crippen molar-refractivity contribution in [3.8, 4) is 17.1 Å². The van der Waals surface area contributed by atoms with Crippen LogP contribution in [0.15, 0.2) is 70.7 Å². The average molecular weight is 462 g/mol. The lowest BCUT2D eigenvalue weighted by atomic mass is 10.1. The first kappa shape index (κ1) is 22.0. The van der Waals surface area contributed by atoms with E-state index in [0.29, 0.717) is 28.3 Å². The number of hydrogen-bond donors (Lipinski definition) is 1. The maximum atomic E-state index is 13.2. The number of esters is 1. The zero-order valence-electron chi connectivity index (χ0n) is 17.7. The summed E-state index contributed by atoms with van der Waals surface area (Å²) in [7, 11) is 2.77. The third kappa shape index (κ3) is 4.13. The third-order valence-corrected chi connectivity index (χ3v) is 5.22. The monoisotopic (exact) mass is 462 g/mol. The minimum Gasteiger partial charge on any atom is -0.495 e. The number of furan rings is 1. The van der Waals surface area contributed by atoms with Crippen molar-refractivity contribution in [1.29, 1.82) is 0 Å². The van der Waals surface area contributed by atoms with Crippen LogP contribution in [-0.4, -0.2) is 37.1 Å². The topological polar surface area (TPSA) is 98.1 Å². The zero-order valence-corrected chi connectivity index (χ0v) is 18.5. The van der Waals surface area contributed by atoms with Crippen molar-refractivity contribution in [2.75, 3.05) is 19.1 Å². The summed E-state index contributed by atoms with van der Waals surface area (Å²) < 4.78 is 16.0. The standard InChI is InChI=1S/C24H18N2O6S/c1-30-20-10-6-5-9-18(20)26-22(28)17(21(27)25-24(26)33)13-14-11-12-19(32-14)15-7-3-4-8-16(15)23(29)31-2/h3-13H,1-2H3,(H,25,27,33)/b17-13+. The van der Waals surface area contributed by atoms with Crippen molar-refractivity contribution in [3.63, 3.8) is 0 Å². The number of hydrogen-bond acceptors (Lipinski definition) is 7. The molecule has 166 valence electrons. The molecule has 33 heavy (non-hydrogen) atoms. The Morgan fingerprint density at radius 3 is 2.52 bits per heavy atom. The second-order valence-electron chi connectivity index (χ2n) is 6.87. The molecule has 0 aliphatic carbocycles. The van der Waals surface area contributed by atoms with Crippen LogP contribution in [0, 0.1) is 0 Å². The van der Waals surface area contributed by atoms with Crippen molar-refractivity contribution in [3.05, 3.63) is 77.6 Å². The van der Waals surface area contributed by atoms with Crippen molar-refractivity contribution in [2.24, 2.45) is 0 Å². The molecule has 8 nitrogen and oxygen atoms in total. The fraction of sp³-hybridized carbons (Fsp3) is 0.0833. The summed E-state index contributed by atoms with van der Waals surface area (Å²) >= 11 is 5.23. The van der Waals surface area contributed by atoms with Crippen molar-refractivity contribution >= 4 is 46.9 Å². The van der Waals surface area contributed by atoms with E-state index in [9.17, 15) is 14.4 Å². The number of methoxy groups -OCH3 is 2. The van der Waals surface area contributed by atoms with Crippen LogP contribution in [0.2, 0.25) is 0 Å². The molecule has 1 saturated heterocycles. The Labute approximate surface area is 194 Å². The first-order valence-corrected chi connectivity index (χ1v) is 10.2. The molecular weight excluding hydrogens is 444 g/mol. The molecule has 3 aromatic rings. The van der Waals surface area contributed by atoms with E-state index < -0.39 is 17.8 Å². The number of carbonyl (C=O) groups excluding carboxylic acids is 3. The molecule has 0 atom stereocenters. The van der Waals surface area contributed by atoms with Crippen LogP contribution in [0.3, 0.4) is 0 Å². The summed E-state index contributed by atoms with van der Waals surface area (Å²) in [6.07, 6.45) is 1.33. The molecule has 1 fully saturated rings. The van der Waals surface area contributed by atoms with Gasteiger partial charge in [-0.2, -0.15) is 0 Å². The molecule has 2 amide bonds. The molecule has 1 aromatic heterocycles. The van der Waals surface area contributed by atoms with E-state index in [0.717, 1.165) is 0 Å². The molecule has 2 aromatic carbocycles. The smallest absolute Gasteiger partial charge is 0.338 e. The number of para-hydroxylation sites is 2. The van der Waals surface area contributed by atoms with Crippen LogP contribution < -0.4 is 15.0 Å². The lowest BCUT2D eigenvalue weighted by molar-refractivity contribution is -0.122. The van der Waals surface area contributed by atoms with Crippen LogP contribution in [-0.2, 0) is 14.3 Å². The predicted molar refractivity (Wildman–Crippen MR) is 125 cm³/mol.